The number of anilines is 1. The Morgan fingerprint density at radius 3 is 2.86 bits per heavy atom. The van der Waals surface area contributed by atoms with E-state index in [1.54, 1.807) is 19.1 Å². The predicted molar refractivity (Wildman–Crippen MR) is 84.1 cm³/mol. The molecule has 1 aromatic rings. The Hall–Kier alpha value is -1.59. The predicted octanol–water partition coefficient (Wildman–Crippen LogP) is 1.19. The number of hydrogen-bond acceptors (Lipinski definition) is 4. The van der Waals surface area contributed by atoms with Gasteiger partial charge in [0.25, 0.3) is 5.91 Å². The summed E-state index contributed by atoms with van der Waals surface area (Å²) in [5.41, 5.74) is 7.01. The highest BCUT2D eigenvalue weighted by atomic mass is 16.3. The second kappa shape index (κ2) is 6.91. The van der Waals surface area contributed by atoms with E-state index in [4.69, 9.17) is 5.73 Å². The van der Waals surface area contributed by atoms with Gasteiger partial charge in [-0.1, -0.05) is 13.0 Å². The Balaban J connectivity index is 2.04. The van der Waals surface area contributed by atoms with Crippen LogP contribution in [0, 0.1) is 0 Å². The Morgan fingerprint density at radius 1 is 1.48 bits per heavy atom. The van der Waals surface area contributed by atoms with E-state index in [0.29, 0.717) is 36.9 Å². The normalized spacial score (nSPS) is 21.3. The minimum absolute atomic E-state index is 0.0393. The Kier molecular flexibility index (Phi) is 5.20. The second-order valence-corrected chi connectivity index (χ2v) is 5.78. The average molecular weight is 291 g/mol. The molecule has 2 unspecified atom stereocenters. The van der Waals surface area contributed by atoms with Crippen molar-refractivity contribution in [2.45, 2.75) is 32.4 Å². The van der Waals surface area contributed by atoms with E-state index < -0.39 is 0 Å². The van der Waals surface area contributed by atoms with Crippen LogP contribution >= 0.6 is 0 Å². The van der Waals surface area contributed by atoms with Crippen LogP contribution in [-0.4, -0.2) is 59.1 Å². The molecule has 1 saturated heterocycles. The fourth-order valence-corrected chi connectivity index (χ4v) is 2.90. The summed E-state index contributed by atoms with van der Waals surface area (Å²) in [7, 11) is 0. The van der Waals surface area contributed by atoms with Crippen molar-refractivity contribution < 1.29 is 9.90 Å². The van der Waals surface area contributed by atoms with Crippen molar-refractivity contribution in [2.75, 3.05) is 31.9 Å². The maximum atomic E-state index is 12.5. The molecule has 5 nitrogen and oxygen atoms in total. The summed E-state index contributed by atoms with van der Waals surface area (Å²) in [6.07, 6.45) is 0.628. The van der Waals surface area contributed by atoms with Crippen LogP contribution in [0.2, 0.25) is 0 Å². The molecular formula is C16H25N3O2. The van der Waals surface area contributed by atoms with E-state index in [1.807, 2.05) is 17.0 Å². The van der Waals surface area contributed by atoms with Crippen LogP contribution in [0.1, 0.15) is 30.6 Å². The summed E-state index contributed by atoms with van der Waals surface area (Å²) in [6.45, 7) is 6.79. The van der Waals surface area contributed by atoms with E-state index in [1.165, 1.54) is 0 Å². The van der Waals surface area contributed by atoms with Crippen molar-refractivity contribution >= 4 is 11.6 Å². The van der Waals surface area contributed by atoms with Gasteiger partial charge in [0.2, 0.25) is 0 Å². The molecule has 1 heterocycles. The van der Waals surface area contributed by atoms with Gasteiger partial charge in [0.15, 0.2) is 0 Å². The first-order valence-electron chi connectivity index (χ1n) is 7.58. The van der Waals surface area contributed by atoms with E-state index in [9.17, 15) is 9.90 Å². The second-order valence-electron chi connectivity index (χ2n) is 5.78. The number of hydrogen-bond donors (Lipinski definition) is 2. The number of carbonyl (C=O) groups is 1. The van der Waals surface area contributed by atoms with Crippen molar-refractivity contribution in [3.05, 3.63) is 29.8 Å². The number of aliphatic hydroxyl groups is 1. The van der Waals surface area contributed by atoms with Gasteiger partial charge < -0.3 is 15.7 Å². The first kappa shape index (κ1) is 15.8. The summed E-state index contributed by atoms with van der Waals surface area (Å²) >= 11 is 0. The average Bonchev–Trinajstić information content (AvgIpc) is 2.46. The van der Waals surface area contributed by atoms with Crippen LogP contribution in [0.15, 0.2) is 24.3 Å². The number of nitrogen functional groups attached to an aromatic ring is 1. The number of piperazine rings is 1. The Morgan fingerprint density at radius 2 is 2.24 bits per heavy atom. The maximum Gasteiger partial charge on any atom is 0.254 e. The van der Waals surface area contributed by atoms with Gasteiger partial charge in [0.05, 0.1) is 6.10 Å². The molecule has 1 amide bonds. The number of carbonyl (C=O) groups excluding carboxylic acids is 1. The number of rotatable bonds is 4. The number of β-amino-alcohol motifs (C(OH)–C–C–N with tert-alkyl or cyclic N) is 1. The molecule has 0 bridgehead atoms. The Labute approximate surface area is 126 Å². The summed E-state index contributed by atoms with van der Waals surface area (Å²) in [5, 5.41) is 9.57. The lowest BCUT2D eigenvalue weighted by atomic mass is 10.1. The van der Waals surface area contributed by atoms with Crippen molar-refractivity contribution in [3.63, 3.8) is 0 Å². The largest absolute Gasteiger partial charge is 0.399 e. The van der Waals surface area contributed by atoms with Gasteiger partial charge in [-0.2, -0.15) is 0 Å². The molecule has 21 heavy (non-hydrogen) atoms. The van der Waals surface area contributed by atoms with Crippen molar-refractivity contribution in [1.82, 2.24) is 9.80 Å². The number of aliphatic hydroxyl groups excluding tert-OH is 1. The highest BCUT2D eigenvalue weighted by Gasteiger charge is 2.29. The molecule has 1 fully saturated rings. The molecule has 0 saturated carbocycles. The molecule has 3 N–H and O–H groups in total. The zero-order valence-electron chi connectivity index (χ0n) is 12.8. The van der Waals surface area contributed by atoms with Crippen molar-refractivity contribution in [1.29, 1.82) is 0 Å². The molecule has 0 aliphatic carbocycles. The number of nitrogens with two attached hydrogens (primary N) is 1. The third kappa shape index (κ3) is 3.95. The third-order valence-electron chi connectivity index (χ3n) is 4.00. The molecular weight excluding hydrogens is 266 g/mol. The van der Waals surface area contributed by atoms with Gasteiger partial charge in [-0.25, -0.2) is 0 Å². The topological polar surface area (TPSA) is 69.8 Å². The minimum Gasteiger partial charge on any atom is -0.399 e. The monoisotopic (exact) mass is 291 g/mol. The molecule has 2 atom stereocenters. The van der Waals surface area contributed by atoms with Crippen molar-refractivity contribution in [3.8, 4) is 0 Å². The van der Waals surface area contributed by atoms with Gasteiger partial charge in [0.1, 0.15) is 0 Å². The van der Waals surface area contributed by atoms with Gasteiger partial charge in [-0.05, 0) is 31.5 Å². The molecule has 0 spiro atoms. The summed E-state index contributed by atoms with van der Waals surface area (Å²) < 4.78 is 0. The Bertz CT molecular complexity index is 490. The van der Waals surface area contributed by atoms with E-state index in [2.05, 4.69) is 11.8 Å². The summed E-state index contributed by atoms with van der Waals surface area (Å²) in [4.78, 5) is 16.7. The zero-order chi connectivity index (χ0) is 15.4. The molecule has 0 radical (unpaired) electrons. The first-order chi connectivity index (χ1) is 10.0. The highest BCUT2D eigenvalue weighted by Crippen LogP contribution is 2.17. The fourth-order valence-electron chi connectivity index (χ4n) is 2.90. The molecule has 1 aromatic carbocycles. The van der Waals surface area contributed by atoms with Crippen LogP contribution < -0.4 is 5.73 Å². The van der Waals surface area contributed by atoms with Crippen LogP contribution in [0.5, 0.6) is 0 Å². The highest BCUT2D eigenvalue weighted by molar-refractivity contribution is 5.95. The lowest BCUT2D eigenvalue weighted by Gasteiger charge is -2.41. The fraction of sp³-hybridized carbons (Fsp3) is 0.562. The number of nitrogens with zero attached hydrogens (tertiary/aromatic N) is 2. The number of benzene rings is 1. The summed E-state index contributed by atoms with van der Waals surface area (Å²) in [5.74, 6) is 0.0393. The lowest BCUT2D eigenvalue weighted by molar-refractivity contribution is 0.0310. The van der Waals surface area contributed by atoms with Crippen LogP contribution in [0.25, 0.3) is 0 Å². The molecule has 116 valence electrons. The zero-order valence-corrected chi connectivity index (χ0v) is 12.8. The quantitative estimate of drug-likeness (QED) is 0.818. The molecule has 1 aliphatic heterocycles. The van der Waals surface area contributed by atoms with Gasteiger partial charge in [-0.15, -0.1) is 0 Å². The van der Waals surface area contributed by atoms with Gasteiger partial charge in [0, 0.05) is 43.5 Å². The van der Waals surface area contributed by atoms with Gasteiger partial charge >= 0.3 is 0 Å². The SMILES string of the molecule is CCC1CN(C(=O)c2cccc(N)c2)CCN1CC(C)O. The molecule has 1 aliphatic rings. The maximum absolute atomic E-state index is 12.5. The van der Waals surface area contributed by atoms with E-state index in [-0.39, 0.29) is 12.0 Å². The number of amides is 1. The van der Waals surface area contributed by atoms with Crippen LogP contribution in [0.3, 0.4) is 0 Å². The smallest absolute Gasteiger partial charge is 0.254 e. The molecule has 0 aromatic heterocycles. The lowest BCUT2D eigenvalue weighted by Crippen LogP contribution is -2.55. The molecule has 2 rings (SSSR count). The third-order valence-corrected chi connectivity index (χ3v) is 4.00. The standard InChI is InChI=1S/C16H25N3O2/c1-3-15-11-19(8-7-18(15)10-12(2)20)16(21)13-5-4-6-14(17)9-13/h4-6,9,12,15,20H,3,7-8,10-11,17H2,1-2H3. The van der Waals surface area contributed by atoms with Crippen molar-refractivity contribution in [2.24, 2.45) is 0 Å². The van der Waals surface area contributed by atoms with E-state index in [0.717, 1.165) is 13.0 Å². The molecule has 5 heteroatoms. The van der Waals surface area contributed by atoms with Crippen LogP contribution in [0.4, 0.5) is 5.69 Å². The van der Waals surface area contributed by atoms with Gasteiger partial charge in [-0.3, -0.25) is 9.69 Å². The van der Waals surface area contributed by atoms with Crippen LogP contribution in [-0.2, 0) is 0 Å². The minimum atomic E-state index is -0.338. The summed E-state index contributed by atoms with van der Waals surface area (Å²) in [6, 6.07) is 7.43. The van der Waals surface area contributed by atoms with E-state index >= 15 is 0 Å². The first-order valence-corrected chi connectivity index (χ1v) is 7.58.